The van der Waals surface area contributed by atoms with Gasteiger partial charge in [-0.15, -0.1) is 10.2 Å². The van der Waals surface area contributed by atoms with Gasteiger partial charge in [0, 0.05) is 16.5 Å². The number of hydrogen-bond donors (Lipinski definition) is 0. The molecule has 0 aliphatic carbocycles. The van der Waals surface area contributed by atoms with E-state index in [1.807, 2.05) is 18.2 Å². The summed E-state index contributed by atoms with van der Waals surface area (Å²) < 4.78 is 5.83. The van der Waals surface area contributed by atoms with Crippen LogP contribution in [0.5, 0.6) is 0 Å². The highest BCUT2D eigenvalue weighted by atomic mass is 35.5. The van der Waals surface area contributed by atoms with Gasteiger partial charge in [-0.25, -0.2) is 0 Å². The van der Waals surface area contributed by atoms with Crippen molar-refractivity contribution in [1.82, 2.24) is 15.1 Å². The van der Waals surface area contributed by atoms with E-state index >= 15 is 0 Å². The molecule has 0 bridgehead atoms. The van der Waals surface area contributed by atoms with Crippen LogP contribution in [0.25, 0.3) is 0 Å². The van der Waals surface area contributed by atoms with Gasteiger partial charge in [-0.3, -0.25) is 4.90 Å². The van der Waals surface area contributed by atoms with Crippen LogP contribution >= 0.6 is 11.6 Å². The van der Waals surface area contributed by atoms with E-state index < -0.39 is 0 Å². The lowest BCUT2D eigenvalue weighted by atomic mass is 9.97. The van der Waals surface area contributed by atoms with Crippen LogP contribution in [0.2, 0.25) is 5.02 Å². The van der Waals surface area contributed by atoms with Gasteiger partial charge in [0.25, 0.3) is 0 Å². The smallest absolute Gasteiger partial charge is 0.230 e. The number of likely N-dealkylation sites (tertiary alicyclic amines) is 1. The molecule has 0 amide bonds. The van der Waals surface area contributed by atoms with E-state index in [4.69, 9.17) is 16.0 Å². The highest BCUT2D eigenvalue weighted by Crippen LogP contribution is 2.36. The van der Waals surface area contributed by atoms with Crippen molar-refractivity contribution < 1.29 is 4.42 Å². The molecule has 1 saturated heterocycles. The van der Waals surface area contributed by atoms with Gasteiger partial charge >= 0.3 is 0 Å². The largest absolute Gasteiger partial charge is 0.423 e. The zero-order valence-corrected chi connectivity index (χ0v) is 14.1. The monoisotopic (exact) mass is 319 g/mol. The minimum Gasteiger partial charge on any atom is -0.423 e. The van der Waals surface area contributed by atoms with E-state index in [0.717, 1.165) is 24.4 Å². The summed E-state index contributed by atoms with van der Waals surface area (Å²) in [4.78, 5) is 2.38. The van der Waals surface area contributed by atoms with Crippen LogP contribution in [0.3, 0.4) is 0 Å². The van der Waals surface area contributed by atoms with Crippen molar-refractivity contribution in [3.63, 3.8) is 0 Å². The molecule has 2 aromatic rings. The fourth-order valence-corrected chi connectivity index (χ4v) is 3.17. The summed E-state index contributed by atoms with van der Waals surface area (Å²) in [5, 5.41) is 9.21. The molecule has 0 spiro atoms. The molecule has 0 radical (unpaired) electrons. The molecule has 2 heterocycles. The molecule has 0 N–H and O–H groups in total. The van der Waals surface area contributed by atoms with Gasteiger partial charge in [0.05, 0.1) is 6.54 Å². The summed E-state index contributed by atoms with van der Waals surface area (Å²) in [6.45, 7) is 7.94. The van der Waals surface area contributed by atoms with E-state index in [2.05, 4.69) is 41.9 Å². The maximum Gasteiger partial charge on any atom is 0.230 e. The van der Waals surface area contributed by atoms with Gasteiger partial charge in [-0.2, -0.15) is 0 Å². The average Bonchev–Trinajstić information content (AvgIpc) is 3.09. The zero-order valence-electron chi connectivity index (χ0n) is 13.3. The Morgan fingerprint density at radius 3 is 2.73 bits per heavy atom. The van der Waals surface area contributed by atoms with Crippen molar-refractivity contribution >= 4 is 11.6 Å². The van der Waals surface area contributed by atoms with Crippen molar-refractivity contribution in [1.29, 1.82) is 0 Å². The Morgan fingerprint density at radius 1 is 1.27 bits per heavy atom. The van der Waals surface area contributed by atoms with Gasteiger partial charge in [-0.05, 0) is 31.0 Å². The number of aromatic nitrogens is 2. The second-order valence-electron chi connectivity index (χ2n) is 6.90. The van der Waals surface area contributed by atoms with Gasteiger partial charge in [0.1, 0.15) is 0 Å². The van der Waals surface area contributed by atoms with Crippen molar-refractivity contribution in [2.24, 2.45) is 0 Å². The molecule has 1 aliphatic heterocycles. The Labute approximate surface area is 136 Å². The van der Waals surface area contributed by atoms with Crippen LogP contribution in [-0.2, 0) is 12.0 Å². The first-order valence-corrected chi connectivity index (χ1v) is 8.14. The second-order valence-corrected chi connectivity index (χ2v) is 7.31. The summed E-state index contributed by atoms with van der Waals surface area (Å²) in [6.07, 6.45) is 2.28. The van der Waals surface area contributed by atoms with Crippen LogP contribution in [0.4, 0.5) is 0 Å². The summed E-state index contributed by atoms with van der Waals surface area (Å²) in [5.41, 5.74) is 1.08. The summed E-state index contributed by atoms with van der Waals surface area (Å²) in [5.74, 6) is 1.37. The number of hydrogen-bond acceptors (Lipinski definition) is 4. The molecule has 0 saturated carbocycles. The summed E-state index contributed by atoms with van der Waals surface area (Å²) in [6, 6.07) is 8.41. The topological polar surface area (TPSA) is 42.2 Å². The standard InChI is InChI=1S/C17H22ClN3O/c1-17(2,3)16-20-19-15(22-16)11-21-10-6-9-14(21)12-7-4-5-8-13(12)18/h4-5,7-8,14H,6,9-11H2,1-3H3. The number of nitrogens with zero attached hydrogens (tertiary/aromatic N) is 3. The van der Waals surface area contributed by atoms with E-state index in [0.29, 0.717) is 24.4 Å². The quantitative estimate of drug-likeness (QED) is 0.843. The van der Waals surface area contributed by atoms with Crippen molar-refractivity contribution in [2.75, 3.05) is 6.54 Å². The minimum atomic E-state index is -0.113. The third-order valence-corrected chi connectivity index (χ3v) is 4.42. The van der Waals surface area contributed by atoms with Gasteiger partial charge in [0.15, 0.2) is 0 Å². The predicted molar refractivity (Wildman–Crippen MR) is 86.8 cm³/mol. The molecular weight excluding hydrogens is 298 g/mol. The van der Waals surface area contributed by atoms with E-state index in [1.165, 1.54) is 5.56 Å². The van der Waals surface area contributed by atoms with Crippen LogP contribution in [0.15, 0.2) is 28.7 Å². The van der Waals surface area contributed by atoms with E-state index in [-0.39, 0.29) is 5.41 Å². The predicted octanol–water partition coefficient (Wildman–Crippen LogP) is 4.36. The fourth-order valence-electron chi connectivity index (χ4n) is 2.91. The van der Waals surface area contributed by atoms with E-state index in [1.54, 1.807) is 0 Å². The molecule has 4 nitrogen and oxygen atoms in total. The molecule has 1 fully saturated rings. The number of rotatable bonds is 3. The highest BCUT2D eigenvalue weighted by Gasteiger charge is 2.29. The normalized spacial score (nSPS) is 19.7. The molecule has 5 heteroatoms. The average molecular weight is 320 g/mol. The molecule has 1 unspecified atom stereocenters. The van der Waals surface area contributed by atoms with Gasteiger partial charge in [-0.1, -0.05) is 50.6 Å². The molecule has 1 aromatic heterocycles. The molecule has 1 atom stereocenters. The molecular formula is C17H22ClN3O. The number of benzene rings is 1. The highest BCUT2D eigenvalue weighted by molar-refractivity contribution is 6.31. The van der Waals surface area contributed by atoms with Crippen molar-refractivity contribution in [3.05, 3.63) is 46.6 Å². The van der Waals surface area contributed by atoms with Crippen LogP contribution in [0.1, 0.15) is 57.0 Å². The first kappa shape index (κ1) is 15.5. The van der Waals surface area contributed by atoms with Crippen LogP contribution in [-0.4, -0.2) is 21.6 Å². The van der Waals surface area contributed by atoms with Gasteiger partial charge < -0.3 is 4.42 Å². The van der Waals surface area contributed by atoms with Gasteiger partial charge in [0.2, 0.25) is 11.8 Å². The third-order valence-electron chi connectivity index (χ3n) is 4.07. The maximum absolute atomic E-state index is 6.36. The molecule has 1 aliphatic rings. The zero-order chi connectivity index (χ0) is 15.7. The maximum atomic E-state index is 6.36. The summed E-state index contributed by atoms with van der Waals surface area (Å²) in [7, 11) is 0. The Kier molecular flexibility index (Phi) is 4.24. The Bertz CT molecular complexity index is 647. The van der Waals surface area contributed by atoms with Crippen LogP contribution in [0, 0.1) is 0 Å². The Balaban J connectivity index is 1.77. The Morgan fingerprint density at radius 2 is 2.05 bits per heavy atom. The summed E-state index contributed by atoms with van der Waals surface area (Å²) >= 11 is 6.36. The fraction of sp³-hybridized carbons (Fsp3) is 0.529. The first-order valence-electron chi connectivity index (χ1n) is 7.76. The molecule has 3 rings (SSSR count). The van der Waals surface area contributed by atoms with E-state index in [9.17, 15) is 0 Å². The number of halogens is 1. The van der Waals surface area contributed by atoms with Crippen molar-refractivity contribution in [2.45, 2.75) is 51.6 Å². The minimum absolute atomic E-state index is 0.113. The second kappa shape index (κ2) is 6.01. The Hall–Kier alpha value is -1.39. The lowest BCUT2D eigenvalue weighted by Crippen LogP contribution is -2.23. The SMILES string of the molecule is CC(C)(C)c1nnc(CN2CCCC2c2ccccc2Cl)o1. The lowest BCUT2D eigenvalue weighted by Gasteiger charge is -2.24. The molecule has 1 aromatic carbocycles. The van der Waals surface area contributed by atoms with Crippen molar-refractivity contribution in [3.8, 4) is 0 Å². The third kappa shape index (κ3) is 3.18. The molecule has 118 valence electrons. The lowest BCUT2D eigenvalue weighted by molar-refractivity contribution is 0.218. The first-order chi connectivity index (χ1) is 10.4. The molecule has 22 heavy (non-hydrogen) atoms. The van der Waals surface area contributed by atoms with Crippen LogP contribution < -0.4 is 0 Å².